The van der Waals surface area contributed by atoms with Gasteiger partial charge in [0.05, 0.1) is 29.1 Å². The van der Waals surface area contributed by atoms with Gasteiger partial charge in [-0.1, -0.05) is 77.4 Å². The number of carbonyl (C=O) groups excluding carboxylic acids is 3. The fraction of sp³-hybridized carbons (Fsp3) is 0.556. The van der Waals surface area contributed by atoms with Crippen molar-refractivity contribution < 1.29 is 19.1 Å². The zero-order valence-electron chi connectivity index (χ0n) is 28.1. The summed E-state index contributed by atoms with van der Waals surface area (Å²) in [5.41, 5.74) is 1.73. The van der Waals surface area contributed by atoms with E-state index in [0.29, 0.717) is 30.4 Å². The number of amides is 3. The molecular weight excluding hydrogens is 602 g/mol. The Kier molecular flexibility index (Phi) is 9.58. The van der Waals surface area contributed by atoms with Crippen LogP contribution in [0.2, 0.25) is 5.02 Å². The van der Waals surface area contributed by atoms with Gasteiger partial charge in [-0.2, -0.15) is 0 Å². The van der Waals surface area contributed by atoms with E-state index in [1.807, 2.05) is 84.0 Å². The van der Waals surface area contributed by atoms with Gasteiger partial charge in [-0.05, 0) is 66.3 Å². The summed E-state index contributed by atoms with van der Waals surface area (Å²) in [7, 11) is 0. The molecule has 1 saturated carbocycles. The van der Waals surface area contributed by atoms with E-state index in [0.717, 1.165) is 35.0 Å². The van der Waals surface area contributed by atoms with Crippen molar-refractivity contribution in [1.29, 1.82) is 0 Å². The van der Waals surface area contributed by atoms with E-state index >= 15 is 0 Å². The van der Waals surface area contributed by atoms with E-state index in [1.165, 1.54) is 0 Å². The highest BCUT2D eigenvalue weighted by molar-refractivity contribution is 6.31. The van der Waals surface area contributed by atoms with Crippen LogP contribution in [0.1, 0.15) is 96.6 Å². The molecule has 1 unspecified atom stereocenters. The number of nitrogens with one attached hydrogen (secondary N) is 4. The fourth-order valence-corrected chi connectivity index (χ4v) is 6.87. The molecule has 1 saturated heterocycles. The molecule has 248 valence electrons. The lowest BCUT2D eigenvalue weighted by atomic mass is 9.77. The molecule has 2 aromatic carbocycles. The van der Waals surface area contributed by atoms with Crippen LogP contribution in [0.4, 0.5) is 0 Å². The monoisotopic (exact) mass is 649 g/mol. The normalized spacial score (nSPS) is 21.1. The van der Waals surface area contributed by atoms with Gasteiger partial charge in [-0.25, -0.2) is 4.98 Å². The summed E-state index contributed by atoms with van der Waals surface area (Å²) >= 11 is 6.78. The van der Waals surface area contributed by atoms with E-state index in [1.54, 1.807) is 0 Å². The summed E-state index contributed by atoms with van der Waals surface area (Å²) in [5, 5.41) is 9.90. The first-order valence-corrected chi connectivity index (χ1v) is 16.8. The molecular formula is C36H48ClN5O4. The van der Waals surface area contributed by atoms with Crippen LogP contribution >= 0.6 is 11.6 Å². The van der Waals surface area contributed by atoms with Crippen molar-refractivity contribution in [2.45, 2.75) is 91.1 Å². The lowest BCUT2D eigenvalue weighted by Gasteiger charge is -2.34. The van der Waals surface area contributed by atoms with Gasteiger partial charge in [0.25, 0.3) is 0 Å². The highest BCUT2D eigenvalue weighted by Crippen LogP contribution is 2.60. The Bertz CT molecular complexity index is 1600. The van der Waals surface area contributed by atoms with Gasteiger partial charge in [0, 0.05) is 30.0 Å². The maximum absolute atomic E-state index is 14.1. The Morgan fingerprint density at radius 2 is 1.76 bits per heavy atom. The van der Waals surface area contributed by atoms with Crippen LogP contribution in [0, 0.1) is 16.7 Å². The Labute approximate surface area is 277 Å². The largest absolute Gasteiger partial charge is 0.380 e. The summed E-state index contributed by atoms with van der Waals surface area (Å²) < 4.78 is 5.82. The molecule has 2 aliphatic rings. The number of rotatable bonds is 11. The van der Waals surface area contributed by atoms with Crippen LogP contribution < -0.4 is 16.0 Å². The van der Waals surface area contributed by atoms with Gasteiger partial charge >= 0.3 is 0 Å². The highest BCUT2D eigenvalue weighted by atomic mass is 35.5. The predicted octanol–water partition coefficient (Wildman–Crippen LogP) is 5.94. The van der Waals surface area contributed by atoms with Gasteiger partial charge < -0.3 is 25.7 Å². The Morgan fingerprint density at radius 1 is 1.04 bits per heavy atom. The molecule has 1 aliphatic heterocycles. The topological polar surface area (TPSA) is 125 Å². The molecule has 1 aliphatic carbocycles. The van der Waals surface area contributed by atoms with Gasteiger partial charge in [-0.3, -0.25) is 14.4 Å². The van der Waals surface area contributed by atoms with Crippen molar-refractivity contribution >= 4 is 40.4 Å². The molecule has 4 N–H and O–H groups in total. The van der Waals surface area contributed by atoms with Crippen molar-refractivity contribution in [3.8, 4) is 0 Å². The minimum Gasteiger partial charge on any atom is -0.380 e. The number of hydrogen-bond donors (Lipinski definition) is 4. The first kappa shape index (κ1) is 33.9. The first-order valence-electron chi connectivity index (χ1n) is 16.4. The van der Waals surface area contributed by atoms with Crippen molar-refractivity contribution in [2.24, 2.45) is 16.7 Å². The zero-order valence-corrected chi connectivity index (χ0v) is 28.8. The average Bonchev–Trinajstić information content (AvgIpc) is 3.37. The van der Waals surface area contributed by atoms with Crippen LogP contribution in [0.3, 0.4) is 0 Å². The second kappa shape index (κ2) is 13.0. The number of fused-ring (bicyclic) bond motifs is 1. The minimum atomic E-state index is -0.970. The van der Waals surface area contributed by atoms with Crippen molar-refractivity contribution in [3.05, 3.63) is 64.4 Å². The van der Waals surface area contributed by atoms with Crippen molar-refractivity contribution in [2.75, 3.05) is 19.8 Å². The van der Waals surface area contributed by atoms with Gasteiger partial charge in [-0.15, -0.1) is 0 Å². The number of hydrogen-bond acceptors (Lipinski definition) is 5. The van der Waals surface area contributed by atoms with Crippen LogP contribution in [0.25, 0.3) is 11.0 Å². The second-order valence-corrected chi connectivity index (χ2v) is 15.1. The third-order valence-electron chi connectivity index (χ3n) is 9.74. The van der Waals surface area contributed by atoms with E-state index in [-0.39, 0.29) is 41.6 Å². The smallest absolute Gasteiger partial charge is 0.243 e. The molecule has 3 aromatic rings. The number of imidazole rings is 1. The molecule has 5 rings (SSSR count). The SMILES string of the molecule is CCNC(=O)[C@H](NC(=O)C1(c2ccc3nc([C@@H](NC(=O)C(C)C)[C@H](c4ccccc4Cl)C4(C)CC4)[nH]c3c2)CCOC1)C(C)(C)C. The molecule has 0 spiro atoms. The lowest BCUT2D eigenvalue weighted by molar-refractivity contribution is -0.134. The molecule has 3 amide bonds. The first-order chi connectivity index (χ1) is 21.7. The molecule has 1 aromatic heterocycles. The number of aromatic nitrogens is 2. The number of likely N-dealkylation sites (N-methyl/N-ethyl adjacent to an activating group) is 1. The Balaban J connectivity index is 1.55. The fourth-order valence-electron chi connectivity index (χ4n) is 6.62. The molecule has 10 heteroatoms. The quantitative estimate of drug-likeness (QED) is 0.205. The molecule has 0 bridgehead atoms. The number of halogens is 1. The van der Waals surface area contributed by atoms with Crippen LogP contribution in [-0.2, 0) is 24.5 Å². The summed E-state index contributed by atoms with van der Waals surface area (Å²) in [6.45, 7) is 14.8. The number of aromatic amines is 1. The number of benzene rings is 2. The number of H-pyrrole nitrogens is 1. The van der Waals surface area contributed by atoms with Crippen molar-refractivity contribution in [3.63, 3.8) is 0 Å². The number of ether oxygens (including phenoxy) is 1. The summed E-state index contributed by atoms with van der Waals surface area (Å²) in [6.07, 6.45) is 2.52. The minimum absolute atomic E-state index is 0.0545. The number of carbonyl (C=O) groups is 3. The third-order valence-corrected chi connectivity index (χ3v) is 10.1. The van der Waals surface area contributed by atoms with Crippen LogP contribution in [0.15, 0.2) is 42.5 Å². The lowest BCUT2D eigenvalue weighted by Crippen LogP contribution is -2.58. The van der Waals surface area contributed by atoms with Gasteiger partial charge in [0.1, 0.15) is 11.9 Å². The molecule has 0 radical (unpaired) electrons. The third kappa shape index (κ3) is 6.67. The van der Waals surface area contributed by atoms with Gasteiger partial charge in [0.2, 0.25) is 17.7 Å². The Hall–Kier alpha value is -3.43. The maximum atomic E-state index is 14.1. The molecule has 2 heterocycles. The zero-order chi connectivity index (χ0) is 33.4. The molecule has 4 atom stereocenters. The van der Waals surface area contributed by atoms with Crippen LogP contribution in [0.5, 0.6) is 0 Å². The van der Waals surface area contributed by atoms with E-state index in [4.69, 9.17) is 21.3 Å². The average molecular weight is 650 g/mol. The van der Waals surface area contributed by atoms with E-state index < -0.39 is 22.9 Å². The summed E-state index contributed by atoms with van der Waals surface area (Å²) in [6, 6.07) is 12.5. The highest BCUT2D eigenvalue weighted by Gasteiger charge is 2.51. The van der Waals surface area contributed by atoms with E-state index in [2.05, 4.69) is 27.9 Å². The standard InChI is InChI=1S/C36H48ClN5O4/c1-8-38-32(44)29(34(4,5)6)42-33(45)36(17-18-46-20-36)22-13-14-25-26(19-22)40-30(39-25)28(41-31(43)21(2)3)27(35(7)15-16-35)23-11-9-10-12-24(23)37/h9-14,19,21,27-29H,8,15-18,20H2,1-7H3,(H,38,44)(H,39,40)(H,41,43)(H,42,45)/t27-,28-,29-,36?/m0/s1. The molecule has 9 nitrogen and oxygen atoms in total. The second-order valence-electron chi connectivity index (χ2n) is 14.7. The molecule has 46 heavy (non-hydrogen) atoms. The van der Waals surface area contributed by atoms with Crippen molar-refractivity contribution in [1.82, 2.24) is 25.9 Å². The summed E-state index contributed by atoms with van der Waals surface area (Å²) in [5.74, 6) is -0.186. The maximum Gasteiger partial charge on any atom is 0.243 e. The predicted molar refractivity (Wildman–Crippen MR) is 181 cm³/mol. The van der Waals surface area contributed by atoms with Gasteiger partial charge in [0.15, 0.2) is 0 Å². The summed E-state index contributed by atoms with van der Waals surface area (Å²) in [4.78, 5) is 48.9. The van der Waals surface area contributed by atoms with E-state index in [9.17, 15) is 14.4 Å². The Morgan fingerprint density at radius 3 is 2.35 bits per heavy atom. The number of nitrogens with zero attached hydrogens (tertiary/aromatic N) is 1. The van der Waals surface area contributed by atoms with Crippen LogP contribution in [-0.4, -0.2) is 53.5 Å². The molecule has 2 fully saturated rings.